The second kappa shape index (κ2) is 17.5. The van der Waals surface area contributed by atoms with Crippen molar-refractivity contribution in [2.45, 2.75) is 85.6 Å². The Bertz CT molecular complexity index is 1810. The Hall–Kier alpha value is -4.71. The van der Waals surface area contributed by atoms with Crippen molar-refractivity contribution < 1.29 is 23.5 Å². The molecule has 4 aromatic carbocycles. The van der Waals surface area contributed by atoms with Gasteiger partial charge in [0.2, 0.25) is 6.33 Å². The van der Waals surface area contributed by atoms with E-state index in [2.05, 4.69) is 129 Å². The molecule has 0 aliphatic heterocycles. The van der Waals surface area contributed by atoms with Gasteiger partial charge in [-0.05, 0) is 87.9 Å². The van der Waals surface area contributed by atoms with Crippen molar-refractivity contribution in [3.05, 3.63) is 136 Å². The molecule has 6 nitrogen and oxygen atoms in total. The molecule has 0 atom stereocenters. The van der Waals surface area contributed by atoms with Gasteiger partial charge >= 0.3 is 0 Å². The normalized spacial score (nSPS) is 12.4. The summed E-state index contributed by atoms with van der Waals surface area (Å²) < 4.78 is 31.0. The summed E-state index contributed by atoms with van der Waals surface area (Å²) in [6, 6.07) is 24.6. The van der Waals surface area contributed by atoms with Crippen molar-refractivity contribution in [2.75, 3.05) is 26.4 Å². The first-order valence-electron chi connectivity index (χ1n) is 19.0. The molecule has 0 amide bonds. The average Bonchev–Trinajstić information content (AvgIpc) is 3.54. The van der Waals surface area contributed by atoms with Gasteiger partial charge < -0.3 is 18.9 Å². The van der Waals surface area contributed by atoms with Crippen LogP contribution in [0.15, 0.2) is 85.5 Å². The van der Waals surface area contributed by atoms with Gasteiger partial charge in [-0.15, -0.1) is 0 Å². The van der Waals surface area contributed by atoms with Crippen molar-refractivity contribution >= 4 is 0 Å². The van der Waals surface area contributed by atoms with Crippen molar-refractivity contribution in [1.82, 2.24) is 4.57 Å². The molecular weight excluding hydrogens is 633 g/mol. The Balaban J connectivity index is 1.60. The van der Waals surface area contributed by atoms with Crippen LogP contribution in [0.1, 0.15) is 103 Å². The fourth-order valence-electron chi connectivity index (χ4n) is 7.11. The molecular formula is C45H55N2O4+. The van der Waals surface area contributed by atoms with E-state index in [1.807, 2.05) is 0 Å². The van der Waals surface area contributed by atoms with Crippen LogP contribution in [-0.4, -0.2) is 31.0 Å². The number of rotatable bonds is 14. The summed E-state index contributed by atoms with van der Waals surface area (Å²) in [5, 5.41) is 0. The minimum absolute atomic E-state index is 0.653. The van der Waals surface area contributed by atoms with Gasteiger partial charge in [0.05, 0.1) is 33.5 Å². The van der Waals surface area contributed by atoms with E-state index in [4.69, 9.17) is 18.9 Å². The molecule has 0 fully saturated rings. The van der Waals surface area contributed by atoms with Gasteiger partial charge in [0, 0.05) is 25.7 Å². The molecule has 1 heterocycles. The SMILES string of the molecule is CCCOc1c2cccc1Cc1cccc(c1OCCC)Cc1cc(Cn3cc[n+](C)c3)cc(c1OCCC)Cc1cccc(c1OCCC)C2. The molecule has 0 unspecified atom stereocenters. The number of hydrogen-bond donors (Lipinski definition) is 0. The number of ether oxygens (including phenoxy) is 4. The second-order valence-electron chi connectivity index (χ2n) is 13.8. The highest BCUT2D eigenvalue weighted by Crippen LogP contribution is 2.39. The third-order valence-electron chi connectivity index (χ3n) is 9.35. The maximum absolute atomic E-state index is 6.74. The predicted octanol–water partition coefficient (Wildman–Crippen LogP) is 9.19. The highest BCUT2D eigenvalue weighted by molar-refractivity contribution is 5.56. The van der Waals surface area contributed by atoms with Crippen molar-refractivity contribution in [3.8, 4) is 23.0 Å². The Kier molecular flexibility index (Phi) is 12.4. The molecule has 1 aromatic heterocycles. The number of nitrogens with zero attached hydrogens (tertiary/aromatic N) is 2. The molecule has 0 N–H and O–H groups in total. The lowest BCUT2D eigenvalue weighted by Crippen LogP contribution is -2.23. The molecule has 1 aliphatic carbocycles. The number of hydrogen-bond acceptors (Lipinski definition) is 4. The summed E-state index contributed by atoms with van der Waals surface area (Å²) in [7, 11) is 2.06. The summed E-state index contributed by atoms with van der Waals surface area (Å²) >= 11 is 0. The summed E-state index contributed by atoms with van der Waals surface area (Å²) in [5.41, 5.74) is 10.6. The molecule has 8 bridgehead atoms. The van der Waals surface area contributed by atoms with Crippen LogP contribution in [-0.2, 0) is 39.3 Å². The van der Waals surface area contributed by atoms with Crippen LogP contribution in [0.3, 0.4) is 0 Å². The summed E-state index contributed by atoms with van der Waals surface area (Å²) in [6.07, 6.45) is 12.9. The number of imidazole rings is 1. The van der Waals surface area contributed by atoms with Gasteiger partial charge in [0.25, 0.3) is 0 Å². The lowest BCUT2D eigenvalue weighted by Gasteiger charge is -2.23. The molecule has 0 saturated heterocycles. The zero-order valence-corrected chi connectivity index (χ0v) is 31.3. The maximum atomic E-state index is 6.74. The number of aryl methyl sites for hydroxylation is 1. The molecule has 51 heavy (non-hydrogen) atoms. The number of aromatic nitrogens is 2. The first kappa shape index (κ1) is 36.1. The van der Waals surface area contributed by atoms with Crippen molar-refractivity contribution in [3.63, 3.8) is 0 Å². The molecule has 6 heteroatoms. The number of benzene rings is 4. The van der Waals surface area contributed by atoms with Gasteiger partial charge in [-0.25, -0.2) is 9.13 Å². The summed E-state index contributed by atoms with van der Waals surface area (Å²) in [4.78, 5) is 0. The quantitative estimate of drug-likeness (QED) is 0.107. The Morgan fingerprint density at radius 3 is 1.16 bits per heavy atom. The van der Waals surface area contributed by atoms with Crippen LogP contribution in [0.25, 0.3) is 0 Å². The minimum Gasteiger partial charge on any atom is -0.493 e. The third kappa shape index (κ3) is 8.79. The van der Waals surface area contributed by atoms with Crippen LogP contribution in [0.5, 0.6) is 23.0 Å². The predicted molar refractivity (Wildman–Crippen MR) is 205 cm³/mol. The first-order valence-corrected chi connectivity index (χ1v) is 19.0. The summed E-state index contributed by atoms with van der Waals surface area (Å²) in [5.74, 6) is 3.91. The zero-order valence-electron chi connectivity index (χ0n) is 31.3. The molecule has 268 valence electrons. The van der Waals surface area contributed by atoms with Gasteiger partial charge in [0.15, 0.2) is 0 Å². The number of para-hydroxylation sites is 3. The first-order chi connectivity index (χ1) is 25.0. The Labute approximate surface area is 305 Å². The standard InChI is InChI=1S/C45H55N2O4/c1-6-21-48-42-34-13-10-14-35(42)28-37-16-12-18-39(44(37)50-23-8-3)30-41-26-33(31-47-20-19-46(5)32-47)25-40(45(41)51-24-9-4)29-38-17-11-15-36(27-34)43(38)49-22-7-2/h10-20,25-26,32H,6-9,21-24,27-31H2,1-5H3/q+1. The van der Waals surface area contributed by atoms with E-state index < -0.39 is 0 Å². The highest BCUT2D eigenvalue weighted by Gasteiger charge is 2.23. The molecule has 0 radical (unpaired) electrons. The van der Waals surface area contributed by atoms with E-state index in [0.717, 1.165) is 55.2 Å². The van der Waals surface area contributed by atoms with Crippen LogP contribution in [0, 0.1) is 0 Å². The third-order valence-corrected chi connectivity index (χ3v) is 9.35. The monoisotopic (exact) mass is 687 g/mol. The van der Waals surface area contributed by atoms with E-state index in [1.165, 1.54) is 50.1 Å². The van der Waals surface area contributed by atoms with Gasteiger partial charge in [-0.2, -0.15) is 0 Å². The highest BCUT2D eigenvalue weighted by atomic mass is 16.5. The van der Waals surface area contributed by atoms with Crippen molar-refractivity contribution in [2.24, 2.45) is 7.05 Å². The maximum Gasteiger partial charge on any atom is 0.243 e. The fraction of sp³-hybridized carbons (Fsp3) is 0.400. The van der Waals surface area contributed by atoms with Gasteiger partial charge in [-0.1, -0.05) is 82.3 Å². The van der Waals surface area contributed by atoms with Crippen LogP contribution in [0.4, 0.5) is 0 Å². The molecule has 5 aromatic rings. The Morgan fingerprint density at radius 1 is 0.510 bits per heavy atom. The molecule has 6 rings (SSSR count). The van der Waals surface area contributed by atoms with Crippen LogP contribution < -0.4 is 23.5 Å². The second-order valence-corrected chi connectivity index (χ2v) is 13.8. The fourth-order valence-corrected chi connectivity index (χ4v) is 7.11. The lowest BCUT2D eigenvalue weighted by molar-refractivity contribution is -0.671. The topological polar surface area (TPSA) is 45.7 Å². The van der Waals surface area contributed by atoms with E-state index in [-0.39, 0.29) is 0 Å². The van der Waals surface area contributed by atoms with E-state index in [1.54, 1.807) is 0 Å². The minimum atomic E-state index is 0.653. The Morgan fingerprint density at radius 2 is 0.843 bits per heavy atom. The average molecular weight is 688 g/mol. The van der Waals surface area contributed by atoms with Gasteiger partial charge in [0.1, 0.15) is 41.9 Å². The zero-order chi connectivity index (χ0) is 35.6. The van der Waals surface area contributed by atoms with Crippen LogP contribution >= 0.6 is 0 Å². The van der Waals surface area contributed by atoms with Gasteiger partial charge in [-0.3, -0.25) is 0 Å². The summed E-state index contributed by atoms with van der Waals surface area (Å²) in [6.45, 7) is 12.1. The molecule has 1 aliphatic rings. The lowest BCUT2D eigenvalue weighted by atomic mass is 9.90. The van der Waals surface area contributed by atoms with Crippen molar-refractivity contribution in [1.29, 1.82) is 0 Å². The van der Waals surface area contributed by atoms with Crippen LogP contribution in [0.2, 0.25) is 0 Å². The van der Waals surface area contributed by atoms with E-state index in [9.17, 15) is 0 Å². The van der Waals surface area contributed by atoms with E-state index in [0.29, 0.717) is 52.1 Å². The molecule has 0 saturated carbocycles. The molecule has 0 spiro atoms. The number of fused-ring (bicyclic) bond motifs is 8. The largest absolute Gasteiger partial charge is 0.493 e. The smallest absolute Gasteiger partial charge is 0.243 e. The van der Waals surface area contributed by atoms with E-state index >= 15 is 0 Å².